The maximum atomic E-state index is 5.39. The molecule has 0 atom stereocenters. The number of methoxy groups -OCH3 is 1. The third-order valence-electron chi connectivity index (χ3n) is 3.12. The van der Waals surface area contributed by atoms with Crippen LogP contribution < -0.4 is 4.74 Å². The second kappa shape index (κ2) is 5.05. The Morgan fingerprint density at radius 2 is 2.05 bits per heavy atom. The quantitative estimate of drug-likeness (QED) is 0.733. The van der Waals surface area contributed by atoms with E-state index in [-0.39, 0.29) is 0 Å². The first-order valence-corrected chi connectivity index (χ1v) is 6.79. The largest absolute Gasteiger partial charge is 0.496 e. The van der Waals surface area contributed by atoms with Crippen molar-refractivity contribution in [3.63, 3.8) is 0 Å². The average molecular weight is 317 g/mol. The molecule has 3 nitrogen and oxygen atoms in total. The van der Waals surface area contributed by atoms with E-state index in [1.807, 2.05) is 36.7 Å². The lowest BCUT2D eigenvalue weighted by molar-refractivity contribution is 0.408. The molecule has 0 saturated heterocycles. The van der Waals surface area contributed by atoms with Crippen LogP contribution in [0, 0.1) is 0 Å². The first-order chi connectivity index (χ1) is 9.28. The van der Waals surface area contributed by atoms with Gasteiger partial charge in [-0.15, -0.1) is 0 Å². The number of ether oxygens (including phenoxy) is 1. The van der Waals surface area contributed by atoms with Gasteiger partial charge in [-0.1, -0.05) is 34.1 Å². The van der Waals surface area contributed by atoms with Crippen molar-refractivity contribution >= 4 is 27.0 Å². The molecular weight excluding hydrogens is 304 g/mol. The van der Waals surface area contributed by atoms with E-state index in [4.69, 9.17) is 4.74 Å². The van der Waals surface area contributed by atoms with Crippen LogP contribution >= 0.6 is 15.9 Å². The van der Waals surface area contributed by atoms with Gasteiger partial charge in [0.15, 0.2) is 0 Å². The molecule has 0 aliphatic heterocycles. The van der Waals surface area contributed by atoms with Gasteiger partial charge in [0, 0.05) is 10.0 Å². The van der Waals surface area contributed by atoms with Gasteiger partial charge in [-0.2, -0.15) is 0 Å². The Morgan fingerprint density at radius 1 is 1.21 bits per heavy atom. The molecule has 0 N–H and O–H groups in total. The zero-order chi connectivity index (χ0) is 13.2. The maximum absolute atomic E-state index is 5.39. The van der Waals surface area contributed by atoms with Gasteiger partial charge in [0.25, 0.3) is 0 Å². The topological polar surface area (TPSA) is 27.1 Å². The molecule has 0 fully saturated rings. The number of para-hydroxylation sites is 1. The third-order valence-corrected chi connectivity index (χ3v) is 3.61. The molecule has 3 aromatic rings. The number of hydrogen-bond donors (Lipinski definition) is 0. The highest BCUT2D eigenvalue weighted by Crippen LogP contribution is 2.23. The Hall–Kier alpha value is -1.81. The standard InChI is InChI=1S/C15H13BrN2O/c1-19-15-5-3-2-4-11(15)9-18-10-17-13-7-6-12(16)8-14(13)18/h2-8,10H,9H2,1H3. The molecule has 3 rings (SSSR count). The number of nitrogens with zero attached hydrogens (tertiary/aromatic N) is 2. The summed E-state index contributed by atoms with van der Waals surface area (Å²) in [6.07, 6.45) is 1.86. The molecule has 0 radical (unpaired) electrons. The smallest absolute Gasteiger partial charge is 0.123 e. The minimum absolute atomic E-state index is 0.747. The molecule has 96 valence electrons. The fourth-order valence-corrected chi connectivity index (χ4v) is 2.52. The Bertz CT molecular complexity index is 721. The number of halogens is 1. The minimum atomic E-state index is 0.747. The van der Waals surface area contributed by atoms with Crippen molar-refractivity contribution in [2.45, 2.75) is 6.54 Å². The van der Waals surface area contributed by atoms with Crippen molar-refractivity contribution in [1.82, 2.24) is 9.55 Å². The number of rotatable bonds is 3. The fraction of sp³-hybridized carbons (Fsp3) is 0.133. The number of hydrogen-bond acceptors (Lipinski definition) is 2. The number of imidazole rings is 1. The fourth-order valence-electron chi connectivity index (χ4n) is 2.17. The van der Waals surface area contributed by atoms with Gasteiger partial charge in [0.2, 0.25) is 0 Å². The van der Waals surface area contributed by atoms with Gasteiger partial charge < -0.3 is 9.30 Å². The summed E-state index contributed by atoms with van der Waals surface area (Å²) in [6.45, 7) is 0.747. The lowest BCUT2D eigenvalue weighted by Crippen LogP contribution is -2.00. The van der Waals surface area contributed by atoms with Crippen LogP contribution in [0.4, 0.5) is 0 Å². The van der Waals surface area contributed by atoms with Crippen LogP contribution in [0.15, 0.2) is 53.3 Å². The predicted molar refractivity (Wildman–Crippen MR) is 79.5 cm³/mol. The van der Waals surface area contributed by atoms with Gasteiger partial charge >= 0.3 is 0 Å². The molecule has 4 heteroatoms. The lowest BCUT2D eigenvalue weighted by Gasteiger charge is -2.09. The van der Waals surface area contributed by atoms with E-state index in [9.17, 15) is 0 Å². The van der Waals surface area contributed by atoms with Gasteiger partial charge in [-0.3, -0.25) is 0 Å². The zero-order valence-corrected chi connectivity index (χ0v) is 12.1. The molecule has 0 saturated carbocycles. The molecule has 0 bridgehead atoms. The summed E-state index contributed by atoms with van der Waals surface area (Å²) in [5.41, 5.74) is 3.25. The SMILES string of the molecule is COc1ccccc1Cn1cnc2ccc(Br)cc21. The zero-order valence-electron chi connectivity index (χ0n) is 10.5. The lowest BCUT2D eigenvalue weighted by atomic mass is 10.2. The average Bonchev–Trinajstić information content (AvgIpc) is 2.82. The van der Waals surface area contributed by atoms with Gasteiger partial charge in [0.05, 0.1) is 31.0 Å². The van der Waals surface area contributed by atoms with Crippen molar-refractivity contribution in [3.05, 3.63) is 58.8 Å². The van der Waals surface area contributed by atoms with E-state index in [0.29, 0.717) is 0 Å². The Morgan fingerprint density at radius 3 is 2.89 bits per heavy atom. The van der Waals surface area contributed by atoms with E-state index in [1.165, 1.54) is 0 Å². The molecule has 0 amide bonds. The van der Waals surface area contributed by atoms with Crippen molar-refractivity contribution < 1.29 is 4.74 Å². The van der Waals surface area contributed by atoms with Crippen LogP contribution in [0.3, 0.4) is 0 Å². The molecule has 0 unspecified atom stereocenters. The molecule has 0 aliphatic rings. The van der Waals surface area contributed by atoms with Crippen LogP contribution in [-0.4, -0.2) is 16.7 Å². The van der Waals surface area contributed by atoms with E-state index in [1.54, 1.807) is 7.11 Å². The summed E-state index contributed by atoms with van der Waals surface area (Å²) in [5, 5.41) is 0. The van der Waals surface area contributed by atoms with Gasteiger partial charge in [-0.05, 0) is 24.3 Å². The van der Waals surface area contributed by atoms with Crippen molar-refractivity contribution in [1.29, 1.82) is 0 Å². The molecular formula is C15H13BrN2O. The van der Waals surface area contributed by atoms with Crippen molar-refractivity contribution in [3.8, 4) is 5.75 Å². The first-order valence-electron chi connectivity index (χ1n) is 6.00. The third kappa shape index (κ3) is 2.36. The monoisotopic (exact) mass is 316 g/mol. The van der Waals surface area contributed by atoms with Crippen LogP contribution in [0.1, 0.15) is 5.56 Å². The van der Waals surface area contributed by atoms with Gasteiger partial charge in [-0.25, -0.2) is 4.98 Å². The highest BCUT2D eigenvalue weighted by atomic mass is 79.9. The van der Waals surface area contributed by atoms with Crippen LogP contribution in [0.2, 0.25) is 0 Å². The van der Waals surface area contributed by atoms with Gasteiger partial charge in [0.1, 0.15) is 5.75 Å². The molecule has 0 aliphatic carbocycles. The summed E-state index contributed by atoms with van der Waals surface area (Å²) in [4.78, 5) is 4.41. The molecule has 2 aromatic carbocycles. The number of fused-ring (bicyclic) bond motifs is 1. The Kier molecular flexibility index (Phi) is 3.25. The van der Waals surface area contributed by atoms with E-state index < -0.39 is 0 Å². The molecule has 1 heterocycles. The highest BCUT2D eigenvalue weighted by Gasteiger charge is 2.06. The van der Waals surface area contributed by atoms with Crippen molar-refractivity contribution in [2.75, 3.05) is 7.11 Å². The molecule has 19 heavy (non-hydrogen) atoms. The summed E-state index contributed by atoms with van der Waals surface area (Å²) in [5.74, 6) is 0.902. The van der Waals surface area contributed by atoms with Crippen molar-refractivity contribution in [2.24, 2.45) is 0 Å². The maximum Gasteiger partial charge on any atom is 0.123 e. The Balaban J connectivity index is 2.03. The van der Waals surface area contributed by atoms with Crippen LogP contribution in [-0.2, 0) is 6.54 Å². The number of benzene rings is 2. The molecule has 1 aromatic heterocycles. The van der Waals surface area contributed by atoms with Crippen LogP contribution in [0.5, 0.6) is 5.75 Å². The second-order valence-electron chi connectivity index (χ2n) is 4.32. The second-order valence-corrected chi connectivity index (χ2v) is 5.23. The highest BCUT2D eigenvalue weighted by molar-refractivity contribution is 9.10. The first kappa shape index (κ1) is 12.2. The Labute approximate surface area is 120 Å². The minimum Gasteiger partial charge on any atom is -0.496 e. The summed E-state index contributed by atoms with van der Waals surface area (Å²) in [6, 6.07) is 14.1. The van der Waals surface area contributed by atoms with E-state index in [0.717, 1.165) is 33.4 Å². The summed E-state index contributed by atoms with van der Waals surface area (Å²) >= 11 is 3.50. The predicted octanol–water partition coefficient (Wildman–Crippen LogP) is 3.86. The van der Waals surface area contributed by atoms with E-state index >= 15 is 0 Å². The number of aromatic nitrogens is 2. The normalized spacial score (nSPS) is 10.8. The summed E-state index contributed by atoms with van der Waals surface area (Å²) in [7, 11) is 1.70. The summed E-state index contributed by atoms with van der Waals surface area (Å²) < 4.78 is 8.57. The van der Waals surface area contributed by atoms with E-state index in [2.05, 4.69) is 37.6 Å². The van der Waals surface area contributed by atoms with Crippen LogP contribution in [0.25, 0.3) is 11.0 Å². The molecule has 0 spiro atoms.